The Morgan fingerprint density at radius 2 is 2.00 bits per heavy atom. The van der Waals surface area contributed by atoms with Crippen molar-refractivity contribution in [2.45, 2.75) is 38.8 Å². The summed E-state index contributed by atoms with van der Waals surface area (Å²) in [6.07, 6.45) is 5.91. The van der Waals surface area contributed by atoms with Gasteiger partial charge in [-0.05, 0) is 24.0 Å². The Hall–Kier alpha value is -1.77. The lowest BCUT2D eigenvalue weighted by Crippen LogP contribution is -2.29. The molecular formula is C15H18N2O. The summed E-state index contributed by atoms with van der Waals surface area (Å²) in [6, 6.07) is 8.52. The first-order chi connectivity index (χ1) is 8.79. The first-order valence-electron chi connectivity index (χ1n) is 6.63. The molecule has 1 aromatic heterocycles. The second-order valence-corrected chi connectivity index (χ2v) is 5.03. The van der Waals surface area contributed by atoms with Crippen molar-refractivity contribution in [1.29, 1.82) is 0 Å². The van der Waals surface area contributed by atoms with E-state index in [9.17, 15) is 4.79 Å². The van der Waals surface area contributed by atoms with Gasteiger partial charge in [0.15, 0.2) is 0 Å². The summed E-state index contributed by atoms with van der Waals surface area (Å²) < 4.78 is 3.64. The van der Waals surface area contributed by atoms with Crippen LogP contribution in [0.3, 0.4) is 0 Å². The maximum Gasteiger partial charge on any atom is 0.328 e. The van der Waals surface area contributed by atoms with Crippen LogP contribution in [0.2, 0.25) is 0 Å². The standard InChI is InChI=1S/C15H18N2O/c1-2-7-16-8-9-17(15(16)18)11-13-10-12-5-3-4-6-14(12)13/h3-6,8-9,13H,2,7,10-11H2,1H3. The Morgan fingerprint density at radius 3 is 2.78 bits per heavy atom. The lowest BCUT2D eigenvalue weighted by atomic mass is 9.77. The molecule has 18 heavy (non-hydrogen) atoms. The number of rotatable bonds is 4. The molecule has 1 aliphatic carbocycles. The van der Waals surface area contributed by atoms with E-state index in [4.69, 9.17) is 0 Å². The van der Waals surface area contributed by atoms with Crippen molar-refractivity contribution in [3.05, 3.63) is 58.3 Å². The number of benzene rings is 1. The van der Waals surface area contributed by atoms with Crippen LogP contribution in [0.15, 0.2) is 41.5 Å². The van der Waals surface area contributed by atoms with Crippen LogP contribution in [0.1, 0.15) is 30.4 Å². The fraction of sp³-hybridized carbons (Fsp3) is 0.400. The van der Waals surface area contributed by atoms with Crippen LogP contribution in [0, 0.1) is 0 Å². The smallest absolute Gasteiger partial charge is 0.299 e. The maximum absolute atomic E-state index is 12.1. The predicted molar refractivity (Wildman–Crippen MR) is 71.9 cm³/mol. The van der Waals surface area contributed by atoms with E-state index in [0.717, 1.165) is 25.9 Å². The van der Waals surface area contributed by atoms with Crippen LogP contribution in [-0.4, -0.2) is 9.13 Å². The molecule has 3 nitrogen and oxygen atoms in total. The molecule has 1 atom stereocenters. The van der Waals surface area contributed by atoms with Crippen LogP contribution < -0.4 is 5.69 Å². The number of nitrogens with zero attached hydrogens (tertiary/aromatic N) is 2. The molecule has 1 aliphatic rings. The molecule has 0 spiro atoms. The molecule has 3 heteroatoms. The third-order valence-electron chi connectivity index (χ3n) is 3.76. The zero-order valence-corrected chi connectivity index (χ0v) is 10.7. The van der Waals surface area contributed by atoms with Gasteiger partial charge in [-0.25, -0.2) is 4.79 Å². The molecule has 1 aromatic carbocycles. The molecule has 2 aromatic rings. The van der Waals surface area contributed by atoms with Crippen LogP contribution in [-0.2, 0) is 19.5 Å². The number of aromatic nitrogens is 2. The van der Waals surface area contributed by atoms with Gasteiger partial charge in [0.05, 0.1) is 0 Å². The number of fused-ring (bicyclic) bond motifs is 1. The predicted octanol–water partition coefficient (Wildman–Crippen LogP) is 2.40. The number of hydrogen-bond donors (Lipinski definition) is 0. The molecule has 0 saturated carbocycles. The third-order valence-corrected chi connectivity index (χ3v) is 3.76. The van der Waals surface area contributed by atoms with E-state index in [1.54, 1.807) is 4.57 Å². The summed E-state index contributed by atoms with van der Waals surface area (Å²) in [5, 5.41) is 0. The van der Waals surface area contributed by atoms with E-state index < -0.39 is 0 Å². The Balaban J connectivity index is 1.78. The molecule has 3 rings (SSSR count). The summed E-state index contributed by atoms with van der Waals surface area (Å²) in [6.45, 7) is 3.71. The maximum atomic E-state index is 12.1. The zero-order chi connectivity index (χ0) is 12.5. The summed E-state index contributed by atoms with van der Waals surface area (Å²) in [5.41, 5.74) is 2.97. The SMILES string of the molecule is CCCn1ccn(CC2Cc3ccccc32)c1=O. The van der Waals surface area contributed by atoms with Gasteiger partial charge in [-0.3, -0.25) is 9.13 Å². The van der Waals surface area contributed by atoms with E-state index in [1.807, 2.05) is 17.0 Å². The normalized spacial score (nSPS) is 17.3. The number of imidazole rings is 1. The summed E-state index contributed by atoms with van der Waals surface area (Å²) in [5.74, 6) is 0.511. The largest absolute Gasteiger partial charge is 0.328 e. The lowest BCUT2D eigenvalue weighted by molar-refractivity contribution is 0.489. The zero-order valence-electron chi connectivity index (χ0n) is 10.7. The molecule has 94 valence electrons. The average Bonchev–Trinajstić information content (AvgIpc) is 2.69. The Morgan fingerprint density at radius 1 is 1.22 bits per heavy atom. The van der Waals surface area contributed by atoms with Gasteiger partial charge in [-0.2, -0.15) is 0 Å². The van der Waals surface area contributed by atoms with Crippen molar-refractivity contribution >= 4 is 0 Å². The van der Waals surface area contributed by atoms with Crippen LogP contribution in [0.25, 0.3) is 0 Å². The Bertz CT molecular complexity index is 609. The van der Waals surface area contributed by atoms with Gasteiger partial charge in [0.1, 0.15) is 0 Å². The number of aryl methyl sites for hydroxylation is 1. The molecule has 0 aliphatic heterocycles. The number of hydrogen-bond acceptors (Lipinski definition) is 1. The van der Waals surface area contributed by atoms with Crippen LogP contribution in [0.4, 0.5) is 0 Å². The minimum atomic E-state index is 0.126. The molecule has 0 N–H and O–H groups in total. The highest BCUT2D eigenvalue weighted by atomic mass is 16.1. The summed E-state index contributed by atoms with van der Waals surface area (Å²) >= 11 is 0. The van der Waals surface area contributed by atoms with E-state index >= 15 is 0 Å². The van der Waals surface area contributed by atoms with Gasteiger partial charge in [0, 0.05) is 31.4 Å². The van der Waals surface area contributed by atoms with Gasteiger partial charge in [-0.1, -0.05) is 31.2 Å². The second kappa shape index (κ2) is 4.48. The fourth-order valence-electron chi connectivity index (χ4n) is 2.77. The van der Waals surface area contributed by atoms with E-state index in [-0.39, 0.29) is 5.69 Å². The minimum absolute atomic E-state index is 0.126. The second-order valence-electron chi connectivity index (χ2n) is 5.03. The molecule has 0 radical (unpaired) electrons. The summed E-state index contributed by atoms with van der Waals surface area (Å²) in [4.78, 5) is 12.1. The highest BCUT2D eigenvalue weighted by Gasteiger charge is 2.26. The van der Waals surface area contributed by atoms with Crippen molar-refractivity contribution < 1.29 is 0 Å². The molecule has 0 fully saturated rings. The van der Waals surface area contributed by atoms with Gasteiger partial charge in [-0.15, -0.1) is 0 Å². The fourth-order valence-corrected chi connectivity index (χ4v) is 2.77. The molecule has 1 heterocycles. The molecule has 0 bridgehead atoms. The molecule has 0 amide bonds. The van der Waals surface area contributed by atoms with Crippen molar-refractivity contribution in [2.24, 2.45) is 0 Å². The minimum Gasteiger partial charge on any atom is -0.299 e. The molecular weight excluding hydrogens is 224 g/mol. The summed E-state index contributed by atoms with van der Waals surface area (Å²) in [7, 11) is 0. The third kappa shape index (κ3) is 1.80. The van der Waals surface area contributed by atoms with E-state index in [2.05, 4.69) is 31.2 Å². The highest BCUT2D eigenvalue weighted by molar-refractivity contribution is 5.39. The quantitative estimate of drug-likeness (QED) is 0.808. The van der Waals surface area contributed by atoms with Crippen molar-refractivity contribution in [3.8, 4) is 0 Å². The van der Waals surface area contributed by atoms with Gasteiger partial charge < -0.3 is 0 Å². The van der Waals surface area contributed by atoms with E-state index in [0.29, 0.717) is 5.92 Å². The Kier molecular flexibility index (Phi) is 2.82. The van der Waals surface area contributed by atoms with Gasteiger partial charge in [0.25, 0.3) is 0 Å². The van der Waals surface area contributed by atoms with Crippen molar-refractivity contribution in [1.82, 2.24) is 9.13 Å². The van der Waals surface area contributed by atoms with Gasteiger partial charge in [0.2, 0.25) is 0 Å². The topological polar surface area (TPSA) is 26.9 Å². The first-order valence-corrected chi connectivity index (χ1v) is 6.63. The van der Waals surface area contributed by atoms with Crippen molar-refractivity contribution in [3.63, 3.8) is 0 Å². The molecule has 1 unspecified atom stereocenters. The van der Waals surface area contributed by atoms with Crippen molar-refractivity contribution in [2.75, 3.05) is 0 Å². The molecule has 0 saturated heterocycles. The monoisotopic (exact) mass is 242 g/mol. The van der Waals surface area contributed by atoms with Gasteiger partial charge >= 0.3 is 5.69 Å². The van der Waals surface area contributed by atoms with Crippen LogP contribution in [0.5, 0.6) is 0 Å². The van der Waals surface area contributed by atoms with E-state index in [1.165, 1.54) is 11.1 Å². The first kappa shape index (κ1) is 11.3. The highest BCUT2D eigenvalue weighted by Crippen LogP contribution is 2.35. The van der Waals surface area contributed by atoms with Crippen LogP contribution >= 0.6 is 0 Å². The average molecular weight is 242 g/mol. The Labute approximate surface area is 107 Å². The lowest BCUT2D eigenvalue weighted by Gasteiger charge is -2.30.